The van der Waals surface area contributed by atoms with Gasteiger partial charge in [-0.1, -0.05) is 28.1 Å². The summed E-state index contributed by atoms with van der Waals surface area (Å²) in [5.74, 6) is 6.79. The number of allylic oxidation sites excluding steroid dienone is 1. The summed E-state index contributed by atoms with van der Waals surface area (Å²) in [5.41, 5.74) is 1.26. The molecule has 1 atom stereocenters. The Bertz CT molecular complexity index is 234. The van der Waals surface area contributed by atoms with Crippen molar-refractivity contribution in [3.8, 4) is 0 Å². The molecule has 4 heteroatoms. The third kappa shape index (κ3) is 1.06. The Balaban J connectivity index is 2.33. The van der Waals surface area contributed by atoms with Gasteiger partial charge in [-0.25, -0.2) is 5.84 Å². The molecule has 11 heavy (non-hydrogen) atoms. The van der Waals surface area contributed by atoms with Crippen LogP contribution in [0.25, 0.3) is 0 Å². The van der Waals surface area contributed by atoms with Crippen molar-refractivity contribution in [1.82, 2.24) is 10.3 Å². The lowest BCUT2D eigenvalue weighted by atomic mass is 10.2. The van der Waals surface area contributed by atoms with E-state index in [-0.39, 0.29) is 0 Å². The van der Waals surface area contributed by atoms with Crippen LogP contribution < -0.4 is 11.2 Å². The Morgan fingerprint density at radius 1 is 1.73 bits per heavy atom. The number of dihydropyridines is 1. The molecule has 2 rings (SSSR count). The minimum Gasteiger partial charge on any atom is -0.367 e. The first-order valence-electron chi connectivity index (χ1n) is 3.60. The monoisotopic (exact) mass is 215 g/mol. The summed E-state index contributed by atoms with van der Waals surface area (Å²) in [6.07, 6.45) is 4.23. The van der Waals surface area contributed by atoms with Crippen LogP contribution in [0.5, 0.6) is 0 Å². The highest BCUT2D eigenvalue weighted by atomic mass is 79.9. The molecule has 2 aliphatic heterocycles. The van der Waals surface area contributed by atoms with Crippen LogP contribution in [0.15, 0.2) is 23.5 Å². The number of halogens is 1. The molecule has 2 aliphatic rings. The van der Waals surface area contributed by atoms with Crippen molar-refractivity contribution in [1.29, 1.82) is 0 Å². The molecule has 60 valence electrons. The average Bonchev–Trinajstić information content (AvgIpc) is 2.30. The van der Waals surface area contributed by atoms with Crippen LogP contribution in [-0.4, -0.2) is 22.9 Å². The highest BCUT2D eigenvalue weighted by Gasteiger charge is 2.27. The smallest absolute Gasteiger partial charge is 0.120 e. The van der Waals surface area contributed by atoms with Crippen molar-refractivity contribution >= 4 is 15.9 Å². The summed E-state index contributed by atoms with van der Waals surface area (Å²) >= 11 is 3.55. The molecule has 3 nitrogen and oxygen atoms in total. The van der Waals surface area contributed by atoms with Crippen molar-refractivity contribution in [2.45, 2.75) is 4.83 Å². The maximum absolute atomic E-state index is 5.73. The predicted molar refractivity (Wildman–Crippen MR) is 47.8 cm³/mol. The SMILES string of the molecule is NN1CC(Br)C2=C1NCC=C2. The standard InChI is InChI=1S/C7H10BrN3/c8-6-4-11(9)7-5(6)2-1-3-10-7/h1-2,6,10H,3-4,9H2. The topological polar surface area (TPSA) is 41.3 Å². The number of nitrogens with two attached hydrogens (primary N) is 1. The molecule has 0 bridgehead atoms. The van der Waals surface area contributed by atoms with E-state index in [0.29, 0.717) is 4.83 Å². The second-order valence-electron chi connectivity index (χ2n) is 2.71. The van der Waals surface area contributed by atoms with E-state index in [1.54, 1.807) is 5.01 Å². The van der Waals surface area contributed by atoms with Gasteiger partial charge in [0.25, 0.3) is 0 Å². The maximum Gasteiger partial charge on any atom is 0.120 e. The molecule has 0 spiro atoms. The third-order valence-electron chi connectivity index (χ3n) is 1.94. The Labute approximate surface area is 74.0 Å². The van der Waals surface area contributed by atoms with Gasteiger partial charge >= 0.3 is 0 Å². The number of rotatable bonds is 0. The lowest BCUT2D eigenvalue weighted by Crippen LogP contribution is -2.35. The van der Waals surface area contributed by atoms with Crippen LogP contribution in [0.4, 0.5) is 0 Å². The minimum atomic E-state index is 0.381. The zero-order valence-electron chi connectivity index (χ0n) is 6.05. The van der Waals surface area contributed by atoms with E-state index in [1.807, 2.05) is 0 Å². The van der Waals surface area contributed by atoms with Gasteiger partial charge in [0, 0.05) is 12.1 Å². The molecule has 0 aromatic carbocycles. The quantitative estimate of drug-likeness (QED) is 0.452. The fraction of sp³-hybridized carbons (Fsp3) is 0.429. The molecule has 0 aromatic heterocycles. The van der Waals surface area contributed by atoms with Gasteiger partial charge < -0.3 is 5.32 Å². The summed E-state index contributed by atoms with van der Waals surface area (Å²) in [7, 11) is 0. The molecular formula is C7H10BrN3. The van der Waals surface area contributed by atoms with Crippen LogP contribution in [0.3, 0.4) is 0 Å². The van der Waals surface area contributed by atoms with Crippen LogP contribution in [0.2, 0.25) is 0 Å². The van der Waals surface area contributed by atoms with Gasteiger partial charge in [-0.3, -0.25) is 5.01 Å². The van der Waals surface area contributed by atoms with E-state index in [2.05, 4.69) is 33.4 Å². The molecule has 0 aromatic rings. The Morgan fingerprint density at radius 3 is 3.27 bits per heavy atom. The molecule has 0 saturated heterocycles. The molecular weight excluding hydrogens is 206 g/mol. The van der Waals surface area contributed by atoms with Gasteiger partial charge in [0.05, 0.1) is 11.4 Å². The van der Waals surface area contributed by atoms with E-state index in [9.17, 15) is 0 Å². The Morgan fingerprint density at radius 2 is 2.55 bits per heavy atom. The number of nitrogens with zero attached hydrogens (tertiary/aromatic N) is 1. The summed E-state index contributed by atoms with van der Waals surface area (Å²) in [4.78, 5) is 0.381. The highest BCUT2D eigenvalue weighted by molar-refractivity contribution is 9.09. The molecule has 1 unspecified atom stereocenters. The first-order chi connectivity index (χ1) is 5.29. The fourth-order valence-corrected chi connectivity index (χ4v) is 2.09. The van der Waals surface area contributed by atoms with Crippen LogP contribution >= 0.6 is 15.9 Å². The normalized spacial score (nSPS) is 28.9. The molecule has 0 aliphatic carbocycles. The lowest BCUT2D eigenvalue weighted by Gasteiger charge is -2.18. The van der Waals surface area contributed by atoms with E-state index < -0.39 is 0 Å². The Hall–Kier alpha value is -0.480. The average molecular weight is 216 g/mol. The van der Waals surface area contributed by atoms with Crippen LogP contribution in [0.1, 0.15) is 0 Å². The maximum atomic E-state index is 5.73. The number of hydrazine groups is 1. The largest absolute Gasteiger partial charge is 0.367 e. The molecule has 3 N–H and O–H groups in total. The van der Waals surface area contributed by atoms with Gasteiger partial charge in [-0.15, -0.1) is 0 Å². The first kappa shape index (κ1) is 7.18. The van der Waals surface area contributed by atoms with E-state index >= 15 is 0 Å². The van der Waals surface area contributed by atoms with Crippen molar-refractivity contribution in [3.63, 3.8) is 0 Å². The van der Waals surface area contributed by atoms with Gasteiger partial charge in [-0.05, 0) is 0 Å². The van der Waals surface area contributed by atoms with E-state index in [0.717, 1.165) is 18.9 Å². The van der Waals surface area contributed by atoms with Gasteiger partial charge in [0.15, 0.2) is 0 Å². The number of alkyl halides is 1. The minimum absolute atomic E-state index is 0.381. The molecule has 0 amide bonds. The summed E-state index contributed by atoms with van der Waals surface area (Å²) < 4.78 is 0. The zero-order chi connectivity index (χ0) is 7.84. The van der Waals surface area contributed by atoms with E-state index in [1.165, 1.54) is 5.57 Å². The molecule has 0 fully saturated rings. The number of hydrogen-bond acceptors (Lipinski definition) is 3. The summed E-state index contributed by atoms with van der Waals surface area (Å²) in [6.45, 7) is 1.73. The second-order valence-corrected chi connectivity index (χ2v) is 3.81. The van der Waals surface area contributed by atoms with Crippen molar-refractivity contribution in [2.24, 2.45) is 5.84 Å². The lowest BCUT2D eigenvalue weighted by molar-refractivity contribution is 0.372. The molecule has 0 radical (unpaired) electrons. The first-order valence-corrected chi connectivity index (χ1v) is 4.51. The van der Waals surface area contributed by atoms with Crippen LogP contribution in [-0.2, 0) is 0 Å². The van der Waals surface area contributed by atoms with Gasteiger partial charge in [0.1, 0.15) is 5.82 Å². The number of nitrogens with one attached hydrogen (secondary N) is 1. The fourth-order valence-electron chi connectivity index (χ4n) is 1.40. The molecule has 0 saturated carbocycles. The number of hydrogen-bond donors (Lipinski definition) is 2. The zero-order valence-corrected chi connectivity index (χ0v) is 7.63. The predicted octanol–water partition coefficient (Wildman–Crippen LogP) is 0.310. The van der Waals surface area contributed by atoms with Crippen molar-refractivity contribution in [2.75, 3.05) is 13.1 Å². The molecule has 2 heterocycles. The van der Waals surface area contributed by atoms with Gasteiger partial charge in [0.2, 0.25) is 0 Å². The highest BCUT2D eigenvalue weighted by Crippen LogP contribution is 2.26. The van der Waals surface area contributed by atoms with Gasteiger partial charge in [-0.2, -0.15) is 0 Å². The summed E-state index contributed by atoms with van der Waals surface area (Å²) in [5, 5.41) is 4.97. The van der Waals surface area contributed by atoms with Crippen molar-refractivity contribution in [3.05, 3.63) is 23.5 Å². The van der Waals surface area contributed by atoms with Crippen LogP contribution in [0, 0.1) is 0 Å². The third-order valence-corrected chi connectivity index (χ3v) is 2.72. The van der Waals surface area contributed by atoms with Crippen molar-refractivity contribution < 1.29 is 0 Å². The van der Waals surface area contributed by atoms with E-state index in [4.69, 9.17) is 5.84 Å². The second kappa shape index (κ2) is 2.53. The Kier molecular flexibility index (Phi) is 1.65. The summed E-state index contributed by atoms with van der Waals surface area (Å²) in [6, 6.07) is 0.